The first-order valence-corrected chi connectivity index (χ1v) is 9.47. The zero-order chi connectivity index (χ0) is 16.8. The van der Waals surface area contributed by atoms with Crippen molar-refractivity contribution in [2.45, 2.75) is 21.6 Å². The average Bonchev–Trinajstić information content (AvgIpc) is 3.16. The van der Waals surface area contributed by atoms with E-state index >= 15 is 0 Å². The van der Waals surface area contributed by atoms with Crippen molar-refractivity contribution in [3.63, 3.8) is 0 Å². The molecule has 118 valence electrons. The highest BCUT2D eigenvalue weighted by Crippen LogP contribution is 2.55. The van der Waals surface area contributed by atoms with Crippen LogP contribution in [-0.4, -0.2) is 19.2 Å². The number of hydrogen-bond acceptors (Lipinski definition) is 4. The van der Waals surface area contributed by atoms with Crippen LogP contribution in [0.4, 0.5) is 0 Å². The predicted octanol–water partition coefficient (Wildman–Crippen LogP) is 3.26. The lowest BCUT2D eigenvalue weighted by atomic mass is 10.1. The van der Waals surface area contributed by atoms with E-state index < -0.39 is 26.5 Å². The van der Waals surface area contributed by atoms with Crippen molar-refractivity contribution in [1.82, 2.24) is 0 Å². The van der Waals surface area contributed by atoms with Crippen LogP contribution in [0.2, 0.25) is 5.02 Å². The molecule has 0 aliphatic heterocycles. The Balaban J connectivity index is 2.03. The molecule has 1 fully saturated rings. The fraction of sp³-hybridized carbons (Fsp3) is 0.188. The van der Waals surface area contributed by atoms with E-state index in [4.69, 9.17) is 17.3 Å². The van der Waals surface area contributed by atoms with Gasteiger partial charge in [0.1, 0.15) is 10.8 Å². The van der Waals surface area contributed by atoms with E-state index in [0.29, 0.717) is 5.02 Å². The summed E-state index contributed by atoms with van der Waals surface area (Å²) in [6.45, 7) is 0. The summed E-state index contributed by atoms with van der Waals surface area (Å²) in [5.74, 6) is -0.554. The summed E-state index contributed by atoms with van der Waals surface area (Å²) in [7, 11) is -3.73. The molecule has 2 N–H and O–H groups in total. The van der Waals surface area contributed by atoms with Crippen molar-refractivity contribution >= 4 is 37.4 Å². The number of benzene rings is 2. The van der Waals surface area contributed by atoms with E-state index in [-0.39, 0.29) is 4.90 Å². The van der Waals surface area contributed by atoms with E-state index in [1.807, 2.05) is 6.07 Å². The van der Waals surface area contributed by atoms with Gasteiger partial charge < -0.3 is 5.73 Å². The van der Waals surface area contributed by atoms with E-state index in [1.54, 1.807) is 24.3 Å². The minimum absolute atomic E-state index is 0.122. The zero-order valence-corrected chi connectivity index (χ0v) is 14.9. The van der Waals surface area contributed by atoms with Gasteiger partial charge in [-0.2, -0.15) is 5.26 Å². The fourth-order valence-electron chi connectivity index (χ4n) is 2.83. The Morgan fingerprint density at radius 1 is 1.13 bits per heavy atom. The standard InChI is InChI=1S/C16H12BrClN2O2S/c17-11-3-1-10(2-4-11)14-15(16(14,20)9-19)23(21,22)13-7-5-12(18)6-8-13/h1-8,14-15H,20H2/t14-,15-,16-/m0/s1. The van der Waals surface area contributed by atoms with Gasteiger partial charge in [-0.3, -0.25) is 0 Å². The van der Waals surface area contributed by atoms with Crippen molar-refractivity contribution in [3.05, 3.63) is 63.6 Å². The van der Waals surface area contributed by atoms with Gasteiger partial charge in [-0.1, -0.05) is 39.7 Å². The van der Waals surface area contributed by atoms with E-state index in [2.05, 4.69) is 15.9 Å². The molecule has 1 saturated carbocycles. The van der Waals surface area contributed by atoms with Crippen LogP contribution >= 0.6 is 27.5 Å². The van der Waals surface area contributed by atoms with Crippen LogP contribution in [0.5, 0.6) is 0 Å². The first-order chi connectivity index (χ1) is 10.8. The maximum absolute atomic E-state index is 12.8. The molecule has 1 aliphatic carbocycles. The smallest absolute Gasteiger partial charge is 0.184 e. The van der Waals surface area contributed by atoms with E-state index in [1.165, 1.54) is 24.3 Å². The summed E-state index contributed by atoms with van der Waals surface area (Å²) in [5, 5.41) is 8.88. The lowest BCUT2D eigenvalue weighted by Crippen LogP contribution is -2.29. The molecule has 0 aromatic heterocycles. The van der Waals surface area contributed by atoms with Crippen LogP contribution < -0.4 is 5.73 Å². The molecule has 23 heavy (non-hydrogen) atoms. The molecule has 2 aromatic carbocycles. The van der Waals surface area contributed by atoms with Gasteiger partial charge in [-0.25, -0.2) is 8.42 Å². The Hall–Kier alpha value is -1.39. The van der Waals surface area contributed by atoms with Crippen LogP contribution in [-0.2, 0) is 9.84 Å². The Kier molecular flexibility index (Phi) is 4.01. The molecule has 0 spiro atoms. The second kappa shape index (κ2) is 5.60. The number of nitrogens with zero attached hydrogens (tertiary/aromatic N) is 1. The predicted molar refractivity (Wildman–Crippen MR) is 91.8 cm³/mol. The van der Waals surface area contributed by atoms with Crippen LogP contribution in [0.3, 0.4) is 0 Å². The summed E-state index contributed by atoms with van der Waals surface area (Å²) in [5.41, 5.74) is 5.39. The monoisotopic (exact) mass is 410 g/mol. The van der Waals surface area contributed by atoms with Gasteiger partial charge in [0.05, 0.1) is 11.0 Å². The molecule has 4 nitrogen and oxygen atoms in total. The van der Waals surface area contributed by atoms with Crippen molar-refractivity contribution in [3.8, 4) is 6.07 Å². The van der Waals surface area contributed by atoms with Gasteiger partial charge >= 0.3 is 0 Å². The molecule has 2 aromatic rings. The number of nitriles is 1. The third-order valence-electron chi connectivity index (χ3n) is 4.08. The van der Waals surface area contributed by atoms with Crippen LogP contribution in [0.25, 0.3) is 0 Å². The van der Waals surface area contributed by atoms with Gasteiger partial charge in [0, 0.05) is 15.4 Å². The highest BCUT2D eigenvalue weighted by molar-refractivity contribution is 9.10. The lowest BCUT2D eigenvalue weighted by Gasteiger charge is -2.04. The normalized spacial score (nSPS) is 26.5. The van der Waals surface area contributed by atoms with E-state index in [0.717, 1.165) is 10.0 Å². The Labute approximate surface area is 147 Å². The maximum atomic E-state index is 12.8. The largest absolute Gasteiger partial charge is 0.312 e. The molecule has 0 heterocycles. The summed E-state index contributed by atoms with van der Waals surface area (Å²) in [6.07, 6.45) is 0. The van der Waals surface area contributed by atoms with Crippen molar-refractivity contribution in [1.29, 1.82) is 5.26 Å². The fourth-order valence-corrected chi connectivity index (χ4v) is 5.41. The molecule has 0 amide bonds. The molecule has 3 atom stereocenters. The van der Waals surface area contributed by atoms with Gasteiger partial charge in [0.25, 0.3) is 0 Å². The van der Waals surface area contributed by atoms with Crippen LogP contribution in [0.1, 0.15) is 11.5 Å². The Bertz CT molecular complexity index is 891. The molecule has 3 rings (SSSR count). The SMILES string of the molecule is N#C[C@]1(N)[C@@H](c2ccc(Br)cc2)[C@@H]1S(=O)(=O)c1ccc(Cl)cc1. The lowest BCUT2D eigenvalue weighted by molar-refractivity contribution is 0.592. The number of nitrogens with two attached hydrogens (primary N) is 1. The van der Waals surface area contributed by atoms with Crippen molar-refractivity contribution < 1.29 is 8.42 Å². The highest BCUT2D eigenvalue weighted by Gasteiger charge is 2.70. The summed E-state index contributed by atoms with van der Waals surface area (Å²) < 4.78 is 26.6. The summed E-state index contributed by atoms with van der Waals surface area (Å²) in [6, 6.07) is 15.0. The second-order valence-electron chi connectivity index (χ2n) is 5.49. The summed E-state index contributed by atoms with van der Waals surface area (Å²) in [4.78, 5) is 0.122. The Morgan fingerprint density at radius 3 is 2.22 bits per heavy atom. The third-order valence-corrected chi connectivity index (χ3v) is 7.12. The van der Waals surface area contributed by atoms with E-state index in [9.17, 15) is 13.7 Å². The van der Waals surface area contributed by atoms with Gasteiger partial charge in [0.15, 0.2) is 9.84 Å². The van der Waals surface area contributed by atoms with Crippen molar-refractivity contribution in [2.75, 3.05) is 0 Å². The van der Waals surface area contributed by atoms with Crippen LogP contribution in [0.15, 0.2) is 57.9 Å². The second-order valence-corrected chi connectivity index (χ2v) is 8.91. The molecule has 1 aliphatic rings. The number of hydrogen-bond donors (Lipinski definition) is 1. The quantitative estimate of drug-likeness (QED) is 0.840. The first kappa shape index (κ1) is 16.5. The molecule has 0 unspecified atom stereocenters. The minimum atomic E-state index is -3.73. The molecule has 7 heteroatoms. The third kappa shape index (κ3) is 2.68. The highest BCUT2D eigenvalue weighted by atomic mass is 79.9. The van der Waals surface area contributed by atoms with Gasteiger partial charge in [0.2, 0.25) is 0 Å². The van der Waals surface area contributed by atoms with Crippen molar-refractivity contribution in [2.24, 2.45) is 5.73 Å². The topological polar surface area (TPSA) is 83.9 Å². The summed E-state index contributed by atoms with van der Waals surface area (Å²) >= 11 is 9.13. The molecule has 0 saturated heterocycles. The minimum Gasteiger partial charge on any atom is -0.312 e. The number of rotatable bonds is 3. The molecular formula is C16H12BrClN2O2S. The average molecular weight is 412 g/mol. The zero-order valence-electron chi connectivity index (χ0n) is 11.8. The number of sulfone groups is 1. The van der Waals surface area contributed by atoms with Gasteiger partial charge in [-0.05, 0) is 42.0 Å². The first-order valence-electron chi connectivity index (χ1n) is 6.76. The molecular weight excluding hydrogens is 400 g/mol. The van der Waals surface area contributed by atoms with Crippen LogP contribution in [0, 0.1) is 11.3 Å². The maximum Gasteiger partial charge on any atom is 0.184 e. The molecule has 0 bridgehead atoms. The number of halogens is 2. The molecule has 0 radical (unpaired) electrons. The Morgan fingerprint density at radius 2 is 1.70 bits per heavy atom. The van der Waals surface area contributed by atoms with Gasteiger partial charge in [-0.15, -0.1) is 0 Å².